The van der Waals surface area contributed by atoms with Crippen molar-refractivity contribution in [2.24, 2.45) is 5.73 Å². The quantitative estimate of drug-likeness (QED) is 0.716. The van der Waals surface area contributed by atoms with E-state index in [0.29, 0.717) is 29.9 Å². The Hall–Kier alpha value is -3.24. The molecule has 3 rings (SSSR count). The molecule has 0 aliphatic carbocycles. The molecule has 1 fully saturated rings. The van der Waals surface area contributed by atoms with Gasteiger partial charge in [-0.05, 0) is 55.0 Å². The van der Waals surface area contributed by atoms with Gasteiger partial charge in [-0.1, -0.05) is 0 Å². The number of sulfonamides is 1. The van der Waals surface area contributed by atoms with Gasteiger partial charge >= 0.3 is 0 Å². The summed E-state index contributed by atoms with van der Waals surface area (Å²) in [5.74, 6) is -1.04. The Morgan fingerprint density at radius 1 is 0.968 bits per heavy atom. The Bertz CT molecular complexity index is 1120. The number of amides is 3. The van der Waals surface area contributed by atoms with E-state index in [1.165, 1.54) is 41.6 Å². The molecule has 10 heteroatoms. The molecule has 0 radical (unpaired) electrons. The molecule has 0 spiro atoms. The average molecular weight is 445 g/mol. The largest absolute Gasteiger partial charge is 0.366 e. The van der Waals surface area contributed by atoms with Crippen LogP contribution in [0.25, 0.3) is 0 Å². The number of primary amides is 1. The first-order valence-corrected chi connectivity index (χ1v) is 11.1. The van der Waals surface area contributed by atoms with Gasteiger partial charge in [-0.25, -0.2) is 8.42 Å². The van der Waals surface area contributed by atoms with E-state index in [1.54, 1.807) is 24.0 Å². The molecule has 0 unspecified atom stereocenters. The lowest BCUT2D eigenvalue weighted by Gasteiger charge is -2.33. The molecule has 0 atom stereocenters. The minimum absolute atomic E-state index is 0.0770. The van der Waals surface area contributed by atoms with Crippen molar-refractivity contribution >= 4 is 33.4 Å². The fourth-order valence-electron chi connectivity index (χ4n) is 3.39. The Morgan fingerprint density at radius 3 is 2.10 bits per heavy atom. The maximum absolute atomic E-state index is 12.8. The van der Waals surface area contributed by atoms with Crippen LogP contribution in [0.1, 0.15) is 33.2 Å². The molecule has 1 heterocycles. The Balaban J connectivity index is 1.69. The van der Waals surface area contributed by atoms with Crippen molar-refractivity contribution in [2.45, 2.75) is 18.7 Å². The van der Waals surface area contributed by atoms with Gasteiger partial charge in [-0.3, -0.25) is 14.4 Å². The Labute approximate surface area is 180 Å². The molecule has 3 amide bonds. The van der Waals surface area contributed by atoms with E-state index >= 15 is 0 Å². The number of carbonyl (C=O) groups excluding carboxylic acids is 3. The molecule has 1 saturated heterocycles. The van der Waals surface area contributed by atoms with Crippen LogP contribution in [0.2, 0.25) is 0 Å². The summed E-state index contributed by atoms with van der Waals surface area (Å²) in [5.41, 5.74) is 7.07. The number of nitrogens with zero attached hydrogens (tertiary/aromatic N) is 2. The van der Waals surface area contributed by atoms with Crippen molar-refractivity contribution in [3.8, 4) is 0 Å². The second kappa shape index (κ2) is 8.86. The van der Waals surface area contributed by atoms with Crippen LogP contribution in [0.3, 0.4) is 0 Å². The SMILES string of the molecule is CC(=O)N1CCN(S(=O)(=O)c2ccc(C(=O)Nc3ccc(C(N)=O)c(C)c3)cc2)CC1. The maximum Gasteiger partial charge on any atom is 0.255 e. The molecule has 31 heavy (non-hydrogen) atoms. The van der Waals surface area contributed by atoms with Crippen molar-refractivity contribution in [1.29, 1.82) is 0 Å². The fraction of sp³-hybridized carbons (Fsp3) is 0.286. The van der Waals surface area contributed by atoms with E-state index in [1.807, 2.05) is 0 Å². The lowest BCUT2D eigenvalue weighted by Crippen LogP contribution is -2.49. The highest BCUT2D eigenvalue weighted by molar-refractivity contribution is 7.89. The molecule has 9 nitrogen and oxygen atoms in total. The number of rotatable bonds is 5. The zero-order valence-corrected chi connectivity index (χ0v) is 18.1. The third-order valence-electron chi connectivity index (χ3n) is 5.19. The van der Waals surface area contributed by atoms with E-state index in [2.05, 4.69) is 5.32 Å². The lowest BCUT2D eigenvalue weighted by molar-refractivity contribution is -0.129. The number of anilines is 1. The van der Waals surface area contributed by atoms with Gasteiger partial charge in [0.25, 0.3) is 5.91 Å². The summed E-state index contributed by atoms with van der Waals surface area (Å²) in [6.45, 7) is 4.33. The predicted octanol–water partition coefficient (Wildman–Crippen LogP) is 1.20. The molecule has 3 N–H and O–H groups in total. The van der Waals surface area contributed by atoms with Crippen molar-refractivity contribution in [3.05, 3.63) is 59.2 Å². The number of carbonyl (C=O) groups is 3. The third kappa shape index (κ3) is 4.92. The van der Waals surface area contributed by atoms with Crippen LogP contribution in [-0.4, -0.2) is 61.5 Å². The summed E-state index contributed by atoms with van der Waals surface area (Å²) < 4.78 is 27.0. The Morgan fingerprint density at radius 2 is 1.58 bits per heavy atom. The first kappa shape index (κ1) is 22.4. The normalized spacial score (nSPS) is 14.8. The van der Waals surface area contributed by atoms with Crippen LogP contribution in [0, 0.1) is 6.92 Å². The molecule has 2 aromatic rings. The second-order valence-corrected chi connectivity index (χ2v) is 9.22. The van der Waals surface area contributed by atoms with Gasteiger partial charge in [0.2, 0.25) is 21.8 Å². The van der Waals surface area contributed by atoms with Crippen LogP contribution in [-0.2, 0) is 14.8 Å². The standard InChI is InChI=1S/C21H24N4O5S/c1-14-13-17(5-8-19(14)20(22)27)23-21(28)16-3-6-18(7-4-16)31(29,30)25-11-9-24(10-12-25)15(2)26/h3-8,13H,9-12H2,1-2H3,(H2,22,27)(H,23,28). The summed E-state index contributed by atoms with van der Waals surface area (Å²) in [4.78, 5) is 36.9. The number of benzene rings is 2. The van der Waals surface area contributed by atoms with Crippen LogP contribution < -0.4 is 11.1 Å². The number of aryl methyl sites for hydroxylation is 1. The summed E-state index contributed by atoms with van der Waals surface area (Å²) in [5, 5.41) is 2.71. The zero-order valence-electron chi connectivity index (χ0n) is 17.3. The summed E-state index contributed by atoms with van der Waals surface area (Å²) >= 11 is 0. The van der Waals surface area contributed by atoms with Gasteiger partial charge in [-0.15, -0.1) is 0 Å². The van der Waals surface area contributed by atoms with Gasteiger partial charge in [0.15, 0.2) is 0 Å². The van der Waals surface area contributed by atoms with Crippen LogP contribution >= 0.6 is 0 Å². The number of piperazine rings is 1. The highest BCUT2D eigenvalue weighted by Gasteiger charge is 2.29. The fourth-order valence-corrected chi connectivity index (χ4v) is 4.81. The van der Waals surface area contributed by atoms with Gasteiger partial charge < -0.3 is 16.0 Å². The average Bonchev–Trinajstić information content (AvgIpc) is 2.73. The van der Waals surface area contributed by atoms with Crippen molar-refractivity contribution < 1.29 is 22.8 Å². The zero-order chi connectivity index (χ0) is 22.8. The molecule has 164 valence electrons. The van der Waals surface area contributed by atoms with Gasteiger partial charge in [0, 0.05) is 49.9 Å². The van der Waals surface area contributed by atoms with E-state index in [9.17, 15) is 22.8 Å². The smallest absolute Gasteiger partial charge is 0.255 e. The molecule has 1 aliphatic rings. The summed E-state index contributed by atoms with van der Waals surface area (Å²) in [6.07, 6.45) is 0. The lowest BCUT2D eigenvalue weighted by atomic mass is 10.1. The maximum atomic E-state index is 12.8. The Kier molecular flexibility index (Phi) is 6.42. The van der Waals surface area contributed by atoms with E-state index in [-0.39, 0.29) is 29.5 Å². The number of nitrogens with two attached hydrogens (primary N) is 1. The van der Waals surface area contributed by atoms with Gasteiger partial charge in [-0.2, -0.15) is 4.31 Å². The molecule has 0 saturated carbocycles. The number of hydrogen-bond donors (Lipinski definition) is 2. The first-order chi connectivity index (χ1) is 14.6. The van der Waals surface area contributed by atoms with Crippen LogP contribution in [0.5, 0.6) is 0 Å². The highest BCUT2D eigenvalue weighted by atomic mass is 32.2. The first-order valence-electron chi connectivity index (χ1n) is 9.67. The minimum Gasteiger partial charge on any atom is -0.366 e. The highest BCUT2D eigenvalue weighted by Crippen LogP contribution is 2.20. The minimum atomic E-state index is -3.71. The topological polar surface area (TPSA) is 130 Å². The molecule has 0 bridgehead atoms. The van der Waals surface area contributed by atoms with E-state index < -0.39 is 21.8 Å². The second-order valence-electron chi connectivity index (χ2n) is 7.28. The van der Waals surface area contributed by atoms with E-state index in [4.69, 9.17) is 5.73 Å². The van der Waals surface area contributed by atoms with Gasteiger partial charge in [0.1, 0.15) is 0 Å². The number of nitrogens with one attached hydrogen (secondary N) is 1. The molecule has 0 aromatic heterocycles. The summed E-state index contributed by atoms with van der Waals surface area (Å²) in [6, 6.07) is 10.4. The molecule has 1 aliphatic heterocycles. The monoisotopic (exact) mass is 444 g/mol. The third-order valence-corrected chi connectivity index (χ3v) is 7.10. The molecule has 2 aromatic carbocycles. The van der Waals surface area contributed by atoms with Crippen LogP contribution in [0.4, 0.5) is 5.69 Å². The molecular weight excluding hydrogens is 420 g/mol. The summed E-state index contributed by atoms with van der Waals surface area (Å²) in [7, 11) is -3.71. The van der Waals surface area contributed by atoms with Crippen molar-refractivity contribution in [3.63, 3.8) is 0 Å². The molecular formula is C21H24N4O5S. The van der Waals surface area contributed by atoms with Crippen molar-refractivity contribution in [1.82, 2.24) is 9.21 Å². The predicted molar refractivity (Wildman–Crippen MR) is 115 cm³/mol. The number of hydrogen-bond acceptors (Lipinski definition) is 5. The van der Waals surface area contributed by atoms with E-state index in [0.717, 1.165) is 0 Å². The van der Waals surface area contributed by atoms with Gasteiger partial charge in [0.05, 0.1) is 4.90 Å². The van der Waals surface area contributed by atoms with Crippen molar-refractivity contribution in [2.75, 3.05) is 31.5 Å². The van der Waals surface area contributed by atoms with Crippen LogP contribution in [0.15, 0.2) is 47.4 Å².